The molecule has 0 amide bonds. The molecule has 2 atom stereocenters. The maximum atomic E-state index is 6.22. The highest BCUT2D eigenvalue weighted by Crippen LogP contribution is 2.41. The summed E-state index contributed by atoms with van der Waals surface area (Å²) in [5.41, 5.74) is 7.41. The normalized spacial score (nSPS) is 32.5. The van der Waals surface area contributed by atoms with Crippen LogP contribution in [-0.4, -0.2) is 42.1 Å². The summed E-state index contributed by atoms with van der Waals surface area (Å²) in [5, 5.41) is 0.758. The molecular weight excluding hydrogens is 284 g/mol. The standard InChI is InChI=1S/C16H21ClN4/c17-12-3-5-13(6-4-12)21-15(18)19-11-16(21)7-9-20-8-1-2-14(20)10-16/h3-6,14H,1-2,7-11H2,(H2,18,19). The molecule has 0 aromatic heterocycles. The molecule has 3 heterocycles. The first-order chi connectivity index (χ1) is 10.2. The molecule has 0 saturated carbocycles. The molecule has 1 spiro atoms. The molecule has 21 heavy (non-hydrogen) atoms. The predicted molar refractivity (Wildman–Crippen MR) is 87.0 cm³/mol. The van der Waals surface area contributed by atoms with E-state index in [0.717, 1.165) is 30.2 Å². The third-order valence-corrected chi connectivity index (χ3v) is 5.55. The van der Waals surface area contributed by atoms with Gasteiger partial charge in [0.05, 0.1) is 12.1 Å². The van der Waals surface area contributed by atoms with Crippen LogP contribution in [0.25, 0.3) is 0 Å². The lowest BCUT2D eigenvalue weighted by molar-refractivity contribution is 0.140. The number of piperidine rings is 1. The fourth-order valence-electron chi connectivity index (χ4n) is 4.27. The second kappa shape index (κ2) is 4.89. The lowest BCUT2D eigenvalue weighted by Gasteiger charge is -2.47. The van der Waals surface area contributed by atoms with Gasteiger partial charge in [0.1, 0.15) is 0 Å². The van der Waals surface area contributed by atoms with E-state index >= 15 is 0 Å². The van der Waals surface area contributed by atoms with Crippen LogP contribution in [0.2, 0.25) is 5.02 Å². The van der Waals surface area contributed by atoms with Gasteiger partial charge in [-0.25, -0.2) is 0 Å². The predicted octanol–water partition coefficient (Wildman–Crippen LogP) is 2.47. The Labute approximate surface area is 130 Å². The van der Waals surface area contributed by atoms with Gasteiger partial charge in [0.25, 0.3) is 0 Å². The second-order valence-corrected chi connectivity index (χ2v) is 6.93. The van der Waals surface area contributed by atoms with Crippen LogP contribution in [0.15, 0.2) is 29.3 Å². The second-order valence-electron chi connectivity index (χ2n) is 6.50. The SMILES string of the molecule is NC1=NCC2(CCN3CCCC3C2)N1c1ccc(Cl)cc1. The van der Waals surface area contributed by atoms with Crippen molar-refractivity contribution < 1.29 is 0 Å². The molecule has 2 unspecified atom stereocenters. The van der Waals surface area contributed by atoms with Gasteiger partial charge in [-0.15, -0.1) is 0 Å². The van der Waals surface area contributed by atoms with Gasteiger partial charge < -0.3 is 15.5 Å². The van der Waals surface area contributed by atoms with Crippen molar-refractivity contribution in [1.82, 2.24) is 4.90 Å². The molecule has 0 radical (unpaired) electrons. The van der Waals surface area contributed by atoms with E-state index in [1.54, 1.807) is 0 Å². The summed E-state index contributed by atoms with van der Waals surface area (Å²) in [6.45, 7) is 3.25. The molecule has 4 nitrogen and oxygen atoms in total. The minimum Gasteiger partial charge on any atom is -0.369 e. The van der Waals surface area contributed by atoms with Gasteiger partial charge in [-0.05, 0) is 56.5 Å². The Hall–Kier alpha value is -1.26. The van der Waals surface area contributed by atoms with Crippen molar-refractivity contribution >= 4 is 23.2 Å². The largest absolute Gasteiger partial charge is 0.369 e. The summed E-state index contributed by atoms with van der Waals surface area (Å²) < 4.78 is 0. The first-order valence-electron chi connectivity index (χ1n) is 7.78. The lowest BCUT2D eigenvalue weighted by atomic mass is 9.82. The van der Waals surface area contributed by atoms with E-state index in [4.69, 9.17) is 17.3 Å². The third-order valence-electron chi connectivity index (χ3n) is 5.30. The van der Waals surface area contributed by atoms with E-state index in [-0.39, 0.29) is 5.54 Å². The maximum Gasteiger partial charge on any atom is 0.196 e. The number of benzene rings is 1. The van der Waals surface area contributed by atoms with Crippen molar-refractivity contribution in [2.45, 2.75) is 37.3 Å². The minimum atomic E-state index is 0.0728. The van der Waals surface area contributed by atoms with E-state index in [0.29, 0.717) is 12.0 Å². The van der Waals surface area contributed by atoms with Crippen LogP contribution in [0.4, 0.5) is 5.69 Å². The van der Waals surface area contributed by atoms with Gasteiger partial charge in [0.2, 0.25) is 0 Å². The molecule has 1 aromatic carbocycles. The van der Waals surface area contributed by atoms with Crippen LogP contribution in [0.5, 0.6) is 0 Å². The fourth-order valence-corrected chi connectivity index (χ4v) is 4.39. The van der Waals surface area contributed by atoms with E-state index in [1.165, 1.54) is 25.8 Å². The van der Waals surface area contributed by atoms with Crippen molar-refractivity contribution in [2.75, 3.05) is 24.5 Å². The molecule has 2 saturated heterocycles. The first kappa shape index (κ1) is 13.4. The molecule has 1 aromatic rings. The number of rotatable bonds is 1. The van der Waals surface area contributed by atoms with Crippen LogP contribution in [0.3, 0.4) is 0 Å². The topological polar surface area (TPSA) is 44.9 Å². The number of aliphatic imine (C=N–C) groups is 1. The monoisotopic (exact) mass is 304 g/mol. The van der Waals surface area contributed by atoms with Gasteiger partial charge >= 0.3 is 0 Å². The van der Waals surface area contributed by atoms with E-state index in [9.17, 15) is 0 Å². The van der Waals surface area contributed by atoms with E-state index in [1.807, 2.05) is 12.1 Å². The van der Waals surface area contributed by atoms with Gasteiger partial charge in [-0.1, -0.05) is 11.6 Å². The Bertz CT molecular complexity index is 570. The number of fused-ring (bicyclic) bond motifs is 1. The molecule has 2 N–H and O–H groups in total. The summed E-state index contributed by atoms with van der Waals surface area (Å²) in [4.78, 5) is 9.48. The van der Waals surface area contributed by atoms with Gasteiger partial charge in [-0.3, -0.25) is 4.99 Å². The summed E-state index contributed by atoms with van der Waals surface area (Å²) in [6.07, 6.45) is 4.95. The zero-order valence-electron chi connectivity index (χ0n) is 12.1. The van der Waals surface area contributed by atoms with Gasteiger partial charge in [-0.2, -0.15) is 0 Å². The molecule has 112 valence electrons. The number of guanidine groups is 1. The zero-order valence-corrected chi connectivity index (χ0v) is 12.9. The Morgan fingerprint density at radius 2 is 2.05 bits per heavy atom. The minimum absolute atomic E-state index is 0.0728. The summed E-state index contributed by atoms with van der Waals surface area (Å²) in [7, 11) is 0. The number of hydrogen-bond acceptors (Lipinski definition) is 4. The van der Waals surface area contributed by atoms with Crippen molar-refractivity contribution in [2.24, 2.45) is 10.7 Å². The molecule has 5 heteroatoms. The van der Waals surface area contributed by atoms with Crippen molar-refractivity contribution in [1.29, 1.82) is 0 Å². The highest BCUT2D eigenvalue weighted by molar-refractivity contribution is 6.30. The highest BCUT2D eigenvalue weighted by atomic mass is 35.5. The molecular formula is C16H21ClN4. The number of hydrogen-bond donors (Lipinski definition) is 1. The van der Waals surface area contributed by atoms with E-state index < -0.39 is 0 Å². The third kappa shape index (κ3) is 2.12. The van der Waals surface area contributed by atoms with Crippen LogP contribution < -0.4 is 10.6 Å². The molecule has 2 fully saturated rings. The number of nitrogens with two attached hydrogens (primary N) is 1. The van der Waals surface area contributed by atoms with Crippen LogP contribution in [-0.2, 0) is 0 Å². The van der Waals surface area contributed by atoms with Gasteiger partial charge in [0.15, 0.2) is 5.96 Å². The van der Waals surface area contributed by atoms with Crippen molar-refractivity contribution in [3.63, 3.8) is 0 Å². The number of anilines is 1. The first-order valence-corrected chi connectivity index (χ1v) is 8.16. The summed E-state index contributed by atoms with van der Waals surface area (Å²) in [5.74, 6) is 0.656. The average Bonchev–Trinajstić information content (AvgIpc) is 3.06. The maximum absolute atomic E-state index is 6.22. The Morgan fingerprint density at radius 3 is 2.86 bits per heavy atom. The Balaban J connectivity index is 1.66. The van der Waals surface area contributed by atoms with Crippen molar-refractivity contribution in [3.05, 3.63) is 29.3 Å². The smallest absolute Gasteiger partial charge is 0.196 e. The average molecular weight is 305 g/mol. The number of halogens is 1. The molecule has 3 aliphatic heterocycles. The van der Waals surface area contributed by atoms with Crippen LogP contribution in [0.1, 0.15) is 25.7 Å². The highest BCUT2D eigenvalue weighted by Gasteiger charge is 2.49. The van der Waals surface area contributed by atoms with Crippen LogP contribution >= 0.6 is 11.6 Å². The molecule has 4 rings (SSSR count). The molecule has 0 aliphatic carbocycles. The number of nitrogens with zero attached hydrogens (tertiary/aromatic N) is 3. The quantitative estimate of drug-likeness (QED) is 0.867. The Kier molecular flexibility index (Phi) is 3.12. The van der Waals surface area contributed by atoms with Crippen LogP contribution in [0, 0.1) is 0 Å². The Morgan fingerprint density at radius 1 is 1.24 bits per heavy atom. The summed E-state index contributed by atoms with van der Waals surface area (Å²) in [6, 6.07) is 8.67. The summed E-state index contributed by atoms with van der Waals surface area (Å²) >= 11 is 6.02. The fraction of sp³-hybridized carbons (Fsp3) is 0.562. The zero-order chi connectivity index (χ0) is 14.4. The molecule has 3 aliphatic rings. The lowest BCUT2D eigenvalue weighted by Crippen LogP contribution is -2.59. The van der Waals surface area contributed by atoms with Gasteiger partial charge in [0, 0.05) is 23.3 Å². The van der Waals surface area contributed by atoms with Crippen molar-refractivity contribution in [3.8, 4) is 0 Å². The molecule has 0 bridgehead atoms. The van der Waals surface area contributed by atoms with E-state index in [2.05, 4.69) is 26.9 Å².